The third-order valence-electron chi connectivity index (χ3n) is 3.63. The number of nitrogens with zero attached hydrogens (tertiary/aromatic N) is 2. The van der Waals surface area contributed by atoms with Crippen LogP contribution in [0.15, 0.2) is 48.5 Å². The first-order valence-corrected chi connectivity index (χ1v) is 8.53. The van der Waals surface area contributed by atoms with E-state index in [-0.39, 0.29) is 5.69 Å². The minimum atomic E-state index is -3.68. The number of nitrogens with one attached hydrogen (secondary N) is 1. The molecular weight excluding hydrogens is 330 g/mol. The maximum atomic E-state index is 12.5. The number of anilines is 2. The average molecular weight is 345 g/mol. The molecule has 0 unspecified atom stereocenters. The summed E-state index contributed by atoms with van der Waals surface area (Å²) in [4.78, 5) is 26.0. The van der Waals surface area contributed by atoms with E-state index in [1.54, 1.807) is 42.5 Å². The zero-order valence-electron chi connectivity index (χ0n) is 13.1. The molecule has 1 heterocycles. The van der Waals surface area contributed by atoms with Crippen LogP contribution in [0.25, 0.3) is 0 Å². The van der Waals surface area contributed by atoms with E-state index in [1.807, 2.05) is 0 Å². The normalized spacial score (nSPS) is 14.2. The van der Waals surface area contributed by atoms with Crippen LogP contribution in [0.3, 0.4) is 0 Å². The second kappa shape index (κ2) is 5.73. The topological polar surface area (TPSA) is 86.8 Å². The van der Waals surface area contributed by atoms with Crippen molar-refractivity contribution in [2.45, 2.75) is 0 Å². The maximum absolute atomic E-state index is 12.5. The van der Waals surface area contributed by atoms with Gasteiger partial charge in [-0.05, 0) is 30.3 Å². The van der Waals surface area contributed by atoms with Crippen LogP contribution in [0.5, 0.6) is 0 Å². The summed E-state index contributed by atoms with van der Waals surface area (Å²) in [5, 5.41) is 0. The van der Waals surface area contributed by atoms with E-state index in [0.29, 0.717) is 16.8 Å². The number of fused-ring (bicyclic) bond motifs is 1. The van der Waals surface area contributed by atoms with Crippen LogP contribution in [0.4, 0.5) is 11.4 Å². The van der Waals surface area contributed by atoms with Gasteiger partial charge in [0, 0.05) is 14.1 Å². The monoisotopic (exact) mass is 345 g/mol. The molecule has 0 saturated carbocycles. The van der Waals surface area contributed by atoms with Gasteiger partial charge in [-0.25, -0.2) is 4.90 Å². The highest BCUT2D eigenvalue weighted by Crippen LogP contribution is 2.29. The molecule has 0 spiro atoms. The molecule has 2 amide bonds. The summed E-state index contributed by atoms with van der Waals surface area (Å²) in [5.74, 6) is -0.855. The maximum Gasteiger partial charge on any atom is 0.301 e. The van der Waals surface area contributed by atoms with E-state index < -0.39 is 22.0 Å². The predicted molar refractivity (Wildman–Crippen MR) is 90.3 cm³/mol. The van der Waals surface area contributed by atoms with Crippen molar-refractivity contribution in [3.8, 4) is 0 Å². The number of hydrogen-bond acceptors (Lipinski definition) is 4. The predicted octanol–water partition coefficient (Wildman–Crippen LogP) is 1.71. The van der Waals surface area contributed by atoms with Crippen LogP contribution in [0, 0.1) is 0 Å². The Bertz CT molecular complexity index is 903. The molecule has 3 rings (SSSR count). The summed E-state index contributed by atoms with van der Waals surface area (Å²) in [6.45, 7) is 0. The van der Waals surface area contributed by atoms with E-state index in [4.69, 9.17) is 0 Å². The molecule has 0 atom stereocenters. The van der Waals surface area contributed by atoms with Gasteiger partial charge in [0.05, 0.1) is 22.5 Å². The molecule has 1 N–H and O–H groups in total. The fourth-order valence-corrected chi connectivity index (χ4v) is 2.98. The van der Waals surface area contributed by atoms with Crippen LogP contribution < -0.4 is 9.62 Å². The quantitative estimate of drug-likeness (QED) is 0.855. The Hall–Kier alpha value is -2.71. The van der Waals surface area contributed by atoms with Crippen molar-refractivity contribution in [1.82, 2.24) is 4.31 Å². The van der Waals surface area contributed by atoms with Crippen molar-refractivity contribution < 1.29 is 18.0 Å². The summed E-state index contributed by atoms with van der Waals surface area (Å²) in [6.07, 6.45) is 0. The highest BCUT2D eigenvalue weighted by Gasteiger charge is 2.36. The Kier molecular flexibility index (Phi) is 3.86. The lowest BCUT2D eigenvalue weighted by atomic mass is 10.1. The SMILES string of the molecule is CN(C)S(=O)(=O)Nc1cccc(N2C(=O)c3ccccc3C2=O)c1. The lowest BCUT2D eigenvalue weighted by molar-refractivity contribution is 0.0926. The van der Waals surface area contributed by atoms with Crippen LogP contribution in [-0.2, 0) is 10.2 Å². The van der Waals surface area contributed by atoms with E-state index in [0.717, 1.165) is 9.21 Å². The molecule has 0 saturated heterocycles. The third-order valence-corrected chi connectivity index (χ3v) is 5.08. The van der Waals surface area contributed by atoms with Gasteiger partial charge in [-0.15, -0.1) is 0 Å². The first-order valence-electron chi connectivity index (χ1n) is 7.09. The minimum absolute atomic E-state index is 0.262. The highest BCUT2D eigenvalue weighted by atomic mass is 32.2. The van der Waals surface area contributed by atoms with E-state index in [1.165, 1.54) is 20.2 Å². The smallest absolute Gasteiger partial charge is 0.271 e. The molecule has 1 aliphatic rings. The Morgan fingerprint density at radius 2 is 1.50 bits per heavy atom. The van der Waals surface area contributed by atoms with Gasteiger partial charge in [0.15, 0.2) is 0 Å². The molecule has 2 aromatic rings. The third kappa shape index (κ3) is 2.66. The van der Waals surface area contributed by atoms with Crippen LogP contribution >= 0.6 is 0 Å². The van der Waals surface area contributed by atoms with Crippen molar-refractivity contribution in [3.05, 3.63) is 59.7 Å². The lowest BCUT2D eigenvalue weighted by Crippen LogP contribution is -2.30. The molecule has 124 valence electrons. The van der Waals surface area contributed by atoms with Crippen LogP contribution in [0.1, 0.15) is 20.7 Å². The summed E-state index contributed by atoms with van der Waals surface area (Å²) < 4.78 is 27.2. The number of hydrogen-bond donors (Lipinski definition) is 1. The molecule has 0 fully saturated rings. The Morgan fingerprint density at radius 1 is 0.917 bits per heavy atom. The van der Waals surface area contributed by atoms with Gasteiger partial charge in [0.25, 0.3) is 11.8 Å². The van der Waals surface area contributed by atoms with Gasteiger partial charge in [-0.1, -0.05) is 18.2 Å². The van der Waals surface area contributed by atoms with Gasteiger partial charge in [0.2, 0.25) is 0 Å². The van der Waals surface area contributed by atoms with Gasteiger partial charge >= 0.3 is 10.2 Å². The van der Waals surface area contributed by atoms with Crippen molar-refractivity contribution in [1.29, 1.82) is 0 Å². The number of carbonyl (C=O) groups is 2. The molecule has 8 heteroatoms. The first kappa shape index (κ1) is 16.2. The van der Waals surface area contributed by atoms with Crippen molar-refractivity contribution in [2.75, 3.05) is 23.7 Å². The number of carbonyl (C=O) groups excluding carboxylic acids is 2. The van der Waals surface area contributed by atoms with Crippen LogP contribution in [0.2, 0.25) is 0 Å². The Labute approximate surface area is 139 Å². The molecule has 1 aliphatic heterocycles. The first-order chi connectivity index (χ1) is 11.3. The molecule has 24 heavy (non-hydrogen) atoms. The zero-order chi connectivity index (χ0) is 17.5. The fourth-order valence-electron chi connectivity index (χ4n) is 2.37. The van der Waals surface area contributed by atoms with Gasteiger partial charge < -0.3 is 0 Å². The van der Waals surface area contributed by atoms with E-state index >= 15 is 0 Å². The van der Waals surface area contributed by atoms with Crippen molar-refractivity contribution in [2.24, 2.45) is 0 Å². The van der Waals surface area contributed by atoms with Crippen molar-refractivity contribution >= 4 is 33.4 Å². The second-order valence-electron chi connectivity index (χ2n) is 5.43. The summed E-state index contributed by atoms with van der Waals surface area (Å²) in [5.41, 5.74) is 1.24. The fraction of sp³-hybridized carbons (Fsp3) is 0.125. The number of amides is 2. The molecule has 2 aromatic carbocycles. The molecule has 0 radical (unpaired) electrons. The Balaban J connectivity index is 1.96. The molecule has 0 bridgehead atoms. The van der Waals surface area contributed by atoms with E-state index in [9.17, 15) is 18.0 Å². The van der Waals surface area contributed by atoms with Gasteiger partial charge in [-0.2, -0.15) is 12.7 Å². The molecule has 0 aliphatic carbocycles. The number of benzene rings is 2. The molecule has 0 aromatic heterocycles. The van der Waals surface area contributed by atoms with Gasteiger partial charge in [-0.3, -0.25) is 14.3 Å². The summed E-state index contributed by atoms with van der Waals surface area (Å²) >= 11 is 0. The second-order valence-corrected chi connectivity index (χ2v) is 7.32. The average Bonchev–Trinajstić information content (AvgIpc) is 2.79. The summed E-state index contributed by atoms with van der Waals surface area (Å²) in [7, 11) is -0.879. The standard InChI is InChI=1S/C16H15N3O4S/c1-18(2)24(22,23)17-11-6-5-7-12(10-11)19-15(20)13-8-3-4-9-14(13)16(19)21/h3-10,17H,1-2H3. The minimum Gasteiger partial charge on any atom is -0.271 e. The van der Waals surface area contributed by atoms with Gasteiger partial charge in [0.1, 0.15) is 0 Å². The van der Waals surface area contributed by atoms with Crippen LogP contribution in [-0.4, -0.2) is 38.6 Å². The largest absolute Gasteiger partial charge is 0.301 e. The van der Waals surface area contributed by atoms with E-state index in [2.05, 4.69) is 4.72 Å². The molecule has 7 nitrogen and oxygen atoms in total. The lowest BCUT2D eigenvalue weighted by Gasteiger charge is -2.17. The Morgan fingerprint density at radius 3 is 2.04 bits per heavy atom. The number of rotatable bonds is 4. The molecular formula is C16H15N3O4S. The number of imide groups is 1. The van der Waals surface area contributed by atoms with Crippen molar-refractivity contribution in [3.63, 3.8) is 0 Å². The zero-order valence-corrected chi connectivity index (χ0v) is 13.9. The highest BCUT2D eigenvalue weighted by molar-refractivity contribution is 7.90. The summed E-state index contributed by atoms with van der Waals surface area (Å²) in [6, 6.07) is 12.7.